The fourth-order valence-corrected chi connectivity index (χ4v) is 2.25. The molecule has 6 nitrogen and oxygen atoms in total. The van der Waals surface area contributed by atoms with Gasteiger partial charge in [0.05, 0.1) is 6.42 Å². The van der Waals surface area contributed by atoms with Crippen LogP contribution in [0, 0.1) is 5.41 Å². The van der Waals surface area contributed by atoms with E-state index in [2.05, 4.69) is 29.4 Å². The van der Waals surface area contributed by atoms with Gasteiger partial charge < -0.3 is 20.6 Å². The molecule has 0 aromatic heterocycles. The lowest BCUT2D eigenvalue weighted by atomic mass is 9.93. The van der Waals surface area contributed by atoms with E-state index in [1.54, 1.807) is 0 Å². The number of carboxylic acid groups (broad SMARTS) is 1. The number of amides is 2. The summed E-state index contributed by atoms with van der Waals surface area (Å²) in [4.78, 5) is 24.6. The van der Waals surface area contributed by atoms with Gasteiger partial charge >= 0.3 is 12.0 Å². The van der Waals surface area contributed by atoms with E-state index in [1.165, 1.54) is 0 Å². The van der Waals surface area contributed by atoms with Crippen LogP contribution in [-0.2, 0) is 4.79 Å². The van der Waals surface area contributed by atoms with Gasteiger partial charge in [-0.2, -0.15) is 0 Å². The zero-order valence-corrected chi connectivity index (χ0v) is 13.3. The summed E-state index contributed by atoms with van der Waals surface area (Å²) in [6.07, 6.45) is 1.47. The Bertz CT molecular complexity index is 317. The maximum absolute atomic E-state index is 11.8. The molecule has 0 aliphatic carbocycles. The Hall–Kier alpha value is -1.30. The molecule has 0 bridgehead atoms. The van der Waals surface area contributed by atoms with Crippen LogP contribution in [0.5, 0.6) is 0 Å². The molecule has 0 saturated heterocycles. The third-order valence-electron chi connectivity index (χ3n) is 2.87. The molecule has 0 aromatic carbocycles. The highest BCUT2D eigenvalue weighted by Gasteiger charge is 2.21. The van der Waals surface area contributed by atoms with Gasteiger partial charge in [0.2, 0.25) is 0 Å². The minimum Gasteiger partial charge on any atom is -0.481 e. The fraction of sp³-hybridized carbons (Fsp3) is 0.857. The lowest BCUT2D eigenvalue weighted by molar-refractivity contribution is -0.137. The van der Waals surface area contributed by atoms with E-state index in [1.807, 2.05) is 21.0 Å². The van der Waals surface area contributed by atoms with Crippen LogP contribution in [0.2, 0.25) is 0 Å². The minimum absolute atomic E-state index is 0.0338. The molecule has 0 aliphatic rings. The van der Waals surface area contributed by atoms with E-state index >= 15 is 0 Å². The molecule has 0 spiro atoms. The average Bonchev–Trinajstić information content (AvgIpc) is 2.24. The van der Waals surface area contributed by atoms with Crippen molar-refractivity contribution < 1.29 is 14.7 Å². The van der Waals surface area contributed by atoms with Crippen molar-refractivity contribution in [3.05, 3.63) is 0 Å². The second-order valence-corrected chi connectivity index (χ2v) is 6.31. The first-order valence-corrected chi connectivity index (χ1v) is 7.07. The quantitative estimate of drug-likeness (QED) is 0.600. The molecular weight excluding hydrogens is 258 g/mol. The first-order valence-electron chi connectivity index (χ1n) is 7.07. The normalized spacial score (nSPS) is 13.1. The van der Waals surface area contributed by atoms with Gasteiger partial charge in [0, 0.05) is 19.1 Å². The molecule has 20 heavy (non-hydrogen) atoms. The van der Waals surface area contributed by atoms with Crippen LogP contribution in [0.1, 0.15) is 40.0 Å². The van der Waals surface area contributed by atoms with E-state index in [9.17, 15) is 9.59 Å². The second kappa shape index (κ2) is 8.79. The molecule has 6 heteroatoms. The van der Waals surface area contributed by atoms with E-state index in [4.69, 9.17) is 5.11 Å². The summed E-state index contributed by atoms with van der Waals surface area (Å²) in [5, 5.41) is 14.4. The van der Waals surface area contributed by atoms with Gasteiger partial charge in [-0.1, -0.05) is 27.2 Å². The molecule has 0 aromatic rings. The first-order chi connectivity index (χ1) is 9.16. The number of carboxylic acids is 1. The fourth-order valence-electron chi connectivity index (χ4n) is 2.25. The number of carbonyl (C=O) groups excluding carboxylic acids is 1. The first kappa shape index (κ1) is 18.7. The van der Waals surface area contributed by atoms with E-state index < -0.39 is 5.97 Å². The zero-order chi connectivity index (χ0) is 15.8. The predicted octanol–water partition coefficient (Wildman–Crippen LogP) is 1.52. The van der Waals surface area contributed by atoms with Gasteiger partial charge in [0.1, 0.15) is 0 Å². The van der Waals surface area contributed by atoms with Crippen molar-refractivity contribution in [2.75, 3.05) is 27.2 Å². The van der Waals surface area contributed by atoms with Crippen molar-refractivity contribution in [3.8, 4) is 0 Å². The molecule has 3 N–H and O–H groups in total. The van der Waals surface area contributed by atoms with Gasteiger partial charge in [-0.15, -0.1) is 0 Å². The molecule has 0 aliphatic heterocycles. The molecule has 0 rings (SSSR count). The lowest BCUT2D eigenvalue weighted by Crippen LogP contribution is -2.47. The molecule has 0 heterocycles. The van der Waals surface area contributed by atoms with Crippen LogP contribution in [-0.4, -0.2) is 55.2 Å². The van der Waals surface area contributed by atoms with Gasteiger partial charge in [-0.05, 0) is 25.9 Å². The summed E-state index contributed by atoms with van der Waals surface area (Å²) in [7, 11) is 3.98. The summed E-state index contributed by atoms with van der Waals surface area (Å²) in [5.74, 6) is -0.892. The van der Waals surface area contributed by atoms with E-state index in [0.29, 0.717) is 13.0 Å². The third-order valence-corrected chi connectivity index (χ3v) is 2.87. The van der Waals surface area contributed by atoms with Gasteiger partial charge in [-0.3, -0.25) is 4.79 Å². The van der Waals surface area contributed by atoms with Crippen molar-refractivity contribution in [1.29, 1.82) is 0 Å². The Morgan fingerprint density at radius 1 is 1.30 bits per heavy atom. The maximum Gasteiger partial charge on any atom is 0.315 e. The molecule has 118 valence electrons. The average molecular weight is 287 g/mol. The topological polar surface area (TPSA) is 81.7 Å². The number of nitrogens with zero attached hydrogens (tertiary/aromatic N) is 1. The minimum atomic E-state index is -0.892. The van der Waals surface area contributed by atoms with Crippen molar-refractivity contribution in [2.45, 2.75) is 46.1 Å². The largest absolute Gasteiger partial charge is 0.481 e. The molecule has 0 fully saturated rings. The monoisotopic (exact) mass is 287 g/mol. The van der Waals surface area contributed by atoms with Crippen LogP contribution in [0.3, 0.4) is 0 Å². The van der Waals surface area contributed by atoms with Gasteiger partial charge in [0.25, 0.3) is 0 Å². The number of nitrogens with one attached hydrogen (secondary N) is 2. The van der Waals surface area contributed by atoms with E-state index in [-0.39, 0.29) is 23.9 Å². The van der Waals surface area contributed by atoms with Crippen LogP contribution in [0.15, 0.2) is 0 Å². The van der Waals surface area contributed by atoms with Crippen LogP contribution in [0.4, 0.5) is 4.79 Å². The Labute approximate surface area is 121 Å². The highest BCUT2D eigenvalue weighted by molar-refractivity contribution is 5.75. The third kappa shape index (κ3) is 9.61. The number of hydrogen-bond acceptors (Lipinski definition) is 3. The molecule has 1 unspecified atom stereocenters. The number of urea groups is 1. The molecule has 0 radical (unpaired) electrons. The summed E-state index contributed by atoms with van der Waals surface area (Å²) in [6, 6.07) is -0.606. The highest BCUT2D eigenvalue weighted by atomic mass is 16.4. The van der Waals surface area contributed by atoms with Crippen molar-refractivity contribution in [2.24, 2.45) is 5.41 Å². The molecular formula is C14H29N3O3. The van der Waals surface area contributed by atoms with Crippen molar-refractivity contribution in [3.63, 3.8) is 0 Å². The zero-order valence-electron chi connectivity index (χ0n) is 13.3. The SMILES string of the molecule is CCCC(CC(=O)O)NC(=O)NCC(C)(C)CN(C)C. The number of aliphatic carboxylic acids is 1. The van der Waals surface area contributed by atoms with Gasteiger partial charge in [-0.25, -0.2) is 4.79 Å². The lowest BCUT2D eigenvalue weighted by Gasteiger charge is -2.28. The number of rotatable bonds is 9. The Balaban J connectivity index is 4.22. The Morgan fingerprint density at radius 3 is 2.35 bits per heavy atom. The molecule has 0 saturated carbocycles. The molecule has 1 atom stereocenters. The predicted molar refractivity (Wildman–Crippen MR) is 79.8 cm³/mol. The maximum atomic E-state index is 11.8. The molecule has 2 amide bonds. The summed E-state index contributed by atoms with van der Waals surface area (Å²) in [5.41, 5.74) is -0.0338. The van der Waals surface area contributed by atoms with Crippen molar-refractivity contribution in [1.82, 2.24) is 15.5 Å². The summed E-state index contributed by atoms with van der Waals surface area (Å²) >= 11 is 0. The van der Waals surface area contributed by atoms with Crippen LogP contribution >= 0.6 is 0 Å². The standard InChI is InChI=1S/C14H29N3O3/c1-6-7-11(8-12(18)19)16-13(20)15-9-14(2,3)10-17(4)5/h11H,6-10H2,1-5H3,(H,18,19)(H2,15,16,20). The number of hydrogen-bond donors (Lipinski definition) is 3. The smallest absolute Gasteiger partial charge is 0.315 e. The van der Waals surface area contributed by atoms with E-state index in [0.717, 1.165) is 13.0 Å². The number of carbonyl (C=O) groups is 2. The Kier molecular flexibility index (Phi) is 8.22. The summed E-state index contributed by atoms with van der Waals surface area (Å²) < 4.78 is 0. The Morgan fingerprint density at radius 2 is 1.90 bits per heavy atom. The van der Waals surface area contributed by atoms with Crippen LogP contribution < -0.4 is 10.6 Å². The highest BCUT2D eigenvalue weighted by Crippen LogP contribution is 2.14. The summed E-state index contributed by atoms with van der Waals surface area (Å²) in [6.45, 7) is 7.53. The van der Waals surface area contributed by atoms with Crippen LogP contribution in [0.25, 0.3) is 0 Å². The van der Waals surface area contributed by atoms with Crippen molar-refractivity contribution >= 4 is 12.0 Å². The van der Waals surface area contributed by atoms with Gasteiger partial charge in [0.15, 0.2) is 0 Å². The second-order valence-electron chi connectivity index (χ2n) is 6.31.